The Hall–Kier alpha value is -1.28. The van der Waals surface area contributed by atoms with E-state index >= 15 is 0 Å². The lowest BCUT2D eigenvalue weighted by molar-refractivity contribution is 1.12. The van der Waals surface area contributed by atoms with E-state index in [1.54, 1.807) is 0 Å². The second kappa shape index (κ2) is 4.71. The molecule has 1 heterocycles. The third kappa shape index (κ3) is 1.98. The minimum Gasteiger partial charge on any atom is -0.383 e. The molecule has 1 aromatic carbocycles. The van der Waals surface area contributed by atoms with Crippen LogP contribution in [0.4, 0.5) is 5.82 Å². The van der Waals surface area contributed by atoms with Gasteiger partial charge >= 0.3 is 0 Å². The van der Waals surface area contributed by atoms with Crippen molar-refractivity contribution in [3.05, 3.63) is 34.9 Å². The van der Waals surface area contributed by atoms with E-state index in [1.165, 1.54) is 16.5 Å². The van der Waals surface area contributed by atoms with Gasteiger partial charge in [-0.15, -0.1) is 12.4 Å². The van der Waals surface area contributed by atoms with Gasteiger partial charge in [-0.1, -0.05) is 19.1 Å². The van der Waals surface area contributed by atoms with Crippen molar-refractivity contribution in [2.24, 2.45) is 0 Å². The van der Waals surface area contributed by atoms with Crippen molar-refractivity contribution in [3.63, 3.8) is 0 Å². The maximum atomic E-state index is 5.91. The maximum absolute atomic E-state index is 5.91. The summed E-state index contributed by atoms with van der Waals surface area (Å²) < 4.78 is 0. The van der Waals surface area contributed by atoms with Crippen LogP contribution >= 0.6 is 12.4 Å². The van der Waals surface area contributed by atoms with E-state index in [4.69, 9.17) is 5.73 Å². The van der Waals surface area contributed by atoms with Crippen molar-refractivity contribution in [1.29, 1.82) is 0 Å². The first-order valence-electron chi connectivity index (χ1n) is 5.28. The molecule has 1 aromatic heterocycles. The Morgan fingerprint density at radius 3 is 2.56 bits per heavy atom. The van der Waals surface area contributed by atoms with Crippen LogP contribution in [-0.4, -0.2) is 4.98 Å². The van der Waals surface area contributed by atoms with E-state index in [9.17, 15) is 0 Å². The fourth-order valence-electron chi connectivity index (χ4n) is 1.82. The SMILES string of the molecule is CCc1cc2ccc(C)c(C)c2nc1N.Cl. The van der Waals surface area contributed by atoms with Crippen LogP contribution in [0.25, 0.3) is 10.9 Å². The standard InChI is InChI=1S/C13H16N2.ClH/c1-4-10-7-11-6-5-8(2)9(3)12(11)15-13(10)14;/h5-7H,4H2,1-3H3,(H2,14,15);1H. The summed E-state index contributed by atoms with van der Waals surface area (Å²) in [4.78, 5) is 4.48. The van der Waals surface area contributed by atoms with Crippen molar-refractivity contribution < 1.29 is 0 Å². The predicted octanol–water partition coefficient (Wildman–Crippen LogP) is 3.42. The van der Waals surface area contributed by atoms with Gasteiger partial charge in [0, 0.05) is 5.39 Å². The van der Waals surface area contributed by atoms with Gasteiger partial charge in [-0.05, 0) is 43.0 Å². The summed E-state index contributed by atoms with van der Waals surface area (Å²) in [7, 11) is 0. The minimum absolute atomic E-state index is 0. The van der Waals surface area contributed by atoms with Gasteiger partial charge in [-0.3, -0.25) is 0 Å². The lowest BCUT2D eigenvalue weighted by atomic mass is 10.0. The molecule has 0 aliphatic rings. The number of aryl methyl sites for hydroxylation is 3. The molecule has 2 aromatic rings. The van der Waals surface area contributed by atoms with E-state index in [2.05, 4.69) is 44.0 Å². The summed E-state index contributed by atoms with van der Waals surface area (Å²) in [6.07, 6.45) is 0.932. The minimum atomic E-state index is 0. The summed E-state index contributed by atoms with van der Waals surface area (Å²) in [5, 5.41) is 1.18. The number of pyridine rings is 1. The molecule has 2 nitrogen and oxygen atoms in total. The fraction of sp³-hybridized carbons (Fsp3) is 0.308. The second-order valence-electron chi connectivity index (χ2n) is 3.97. The highest BCUT2D eigenvalue weighted by Gasteiger charge is 2.05. The molecule has 2 rings (SSSR count). The molecule has 0 amide bonds. The Bertz CT molecular complexity index is 521. The number of fused-ring (bicyclic) bond motifs is 1. The number of nitrogen functional groups attached to an aromatic ring is 1. The quantitative estimate of drug-likeness (QED) is 0.824. The van der Waals surface area contributed by atoms with E-state index in [0.717, 1.165) is 17.5 Å². The Kier molecular flexibility index (Phi) is 3.76. The van der Waals surface area contributed by atoms with Crippen LogP contribution in [0.2, 0.25) is 0 Å². The number of aromatic nitrogens is 1. The lowest BCUT2D eigenvalue weighted by Crippen LogP contribution is -1.98. The van der Waals surface area contributed by atoms with Gasteiger partial charge < -0.3 is 5.73 Å². The number of anilines is 1. The molecule has 0 bridgehead atoms. The molecule has 0 aliphatic carbocycles. The van der Waals surface area contributed by atoms with Crippen LogP contribution in [0.15, 0.2) is 18.2 Å². The normalized spacial score (nSPS) is 10.2. The van der Waals surface area contributed by atoms with E-state index < -0.39 is 0 Å². The van der Waals surface area contributed by atoms with Crippen LogP contribution in [0.1, 0.15) is 23.6 Å². The Labute approximate surface area is 102 Å². The highest BCUT2D eigenvalue weighted by atomic mass is 35.5. The monoisotopic (exact) mass is 236 g/mol. The molecule has 86 valence electrons. The Morgan fingerprint density at radius 1 is 1.25 bits per heavy atom. The van der Waals surface area contributed by atoms with Gasteiger partial charge in [0.25, 0.3) is 0 Å². The van der Waals surface area contributed by atoms with Crippen molar-refractivity contribution in [2.75, 3.05) is 5.73 Å². The highest BCUT2D eigenvalue weighted by molar-refractivity contribution is 5.85. The Morgan fingerprint density at radius 2 is 1.94 bits per heavy atom. The second-order valence-corrected chi connectivity index (χ2v) is 3.97. The number of rotatable bonds is 1. The summed E-state index contributed by atoms with van der Waals surface area (Å²) in [6, 6.07) is 6.39. The van der Waals surface area contributed by atoms with Gasteiger partial charge in [0.05, 0.1) is 5.52 Å². The third-order valence-electron chi connectivity index (χ3n) is 3.00. The lowest BCUT2D eigenvalue weighted by Gasteiger charge is -2.08. The smallest absolute Gasteiger partial charge is 0.127 e. The van der Waals surface area contributed by atoms with Crippen LogP contribution in [-0.2, 0) is 6.42 Å². The first-order valence-corrected chi connectivity index (χ1v) is 5.28. The molecule has 2 N–H and O–H groups in total. The molecule has 0 aliphatic heterocycles. The fourth-order valence-corrected chi connectivity index (χ4v) is 1.82. The van der Waals surface area contributed by atoms with E-state index in [1.807, 2.05) is 0 Å². The zero-order valence-electron chi connectivity index (χ0n) is 9.87. The van der Waals surface area contributed by atoms with Crippen LogP contribution < -0.4 is 5.73 Å². The van der Waals surface area contributed by atoms with Gasteiger partial charge in [0.1, 0.15) is 5.82 Å². The summed E-state index contributed by atoms with van der Waals surface area (Å²) in [5.74, 6) is 0.665. The van der Waals surface area contributed by atoms with Crippen LogP contribution in [0.3, 0.4) is 0 Å². The average Bonchev–Trinajstić information content (AvgIpc) is 2.24. The molecule has 0 saturated carbocycles. The van der Waals surface area contributed by atoms with Crippen molar-refractivity contribution in [2.45, 2.75) is 27.2 Å². The molecule has 0 unspecified atom stereocenters. The van der Waals surface area contributed by atoms with Gasteiger partial charge in [-0.2, -0.15) is 0 Å². The average molecular weight is 237 g/mol. The molecular formula is C13H17ClN2. The molecule has 0 fully saturated rings. The van der Waals surface area contributed by atoms with Gasteiger partial charge in [0.15, 0.2) is 0 Å². The van der Waals surface area contributed by atoms with Crippen LogP contribution in [0, 0.1) is 13.8 Å². The zero-order valence-corrected chi connectivity index (χ0v) is 10.7. The van der Waals surface area contributed by atoms with Crippen molar-refractivity contribution in [3.8, 4) is 0 Å². The summed E-state index contributed by atoms with van der Waals surface area (Å²) in [6.45, 7) is 6.29. The zero-order chi connectivity index (χ0) is 11.0. The number of nitrogens with two attached hydrogens (primary N) is 1. The number of halogens is 1. The molecule has 0 spiro atoms. The number of nitrogens with zero attached hydrogens (tertiary/aromatic N) is 1. The number of hydrogen-bond donors (Lipinski definition) is 1. The van der Waals surface area contributed by atoms with E-state index in [0.29, 0.717) is 5.82 Å². The molecule has 3 heteroatoms. The summed E-state index contributed by atoms with van der Waals surface area (Å²) >= 11 is 0. The third-order valence-corrected chi connectivity index (χ3v) is 3.00. The highest BCUT2D eigenvalue weighted by Crippen LogP contribution is 2.23. The van der Waals surface area contributed by atoms with Crippen molar-refractivity contribution >= 4 is 29.1 Å². The maximum Gasteiger partial charge on any atom is 0.127 e. The molecular weight excluding hydrogens is 220 g/mol. The van der Waals surface area contributed by atoms with Gasteiger partial charge in [0.2, 0.25) is 0 Å². The molecule has 0 saturated heterocycles. The first-order chi connectivity index (χ1) is 7.13. The number of hydrogen-bond acceptors (Lipinski definition) is 2. The van der Waals surface area contributed by atoms with Crippen LogP contribution in [0.5, 0.6) is 0 Å². The summed E-state index contributed by atoms with van der Waals surface area (Å²) in [5.41, 5.74) is 10.6. The first kappa shape index (κ1) is 12.8. The Balaban J connectivity index is 0.00000128. The van der Waals surface area contributed by atoms with Crippen molar-refractivity contribution in [1.82, 2.24) is 4.98 Å². The largest absolute Gasteiger partial charge is 0.383 e. The molecule has 0 radical (unpaired) electrons. The predicted molar refractivity (Wildman–Crippen MR) is 72.3 cm³/mol. The van der Waals surface area contributed by atoms with Gasteiger partial charge in [-0.25, -0.2) is 4.98 Å². The molecule has 16 heavy (non-hydrogen) atoms. The topological polar surface area (TPSA) is 38.9 Å². The number of benzene rings is 1. The molecule has 0 atom stereocenters. The van der Waals surface area contributed by atoms with E-state index in [-0.39, 0.29) is 12.4 Å².